The van der Waals surface area contributed by atoms with Crippen LogP contribution in [0.25, 0.3) is 0 Å². The van der Waals surface area contributed by atoms with Gasteiger partial charge in [0.05, 0.1) is 11.8 Å². The van der Waals surface area contributed by atoms with Crippen LogP contribution in [0.1, 0.15) is 31.4 Å². The van der Waals surface area contributed by atoms with Crippen molar-refractivity contribution in [1.82, 2.24) is 19.9 Å². The number of hydrogen-bond acceptors (Lipinski definition) is 4. The average Bonchev–Trinajstić information content (AvgIpc) is 2.72. The Balaban J connectivity index is 1.72. The van der Waals surface area contributed by atoms with Crippen LogP contribution < -0.4 is 0 Å². The van der Waals surface area contributed by atoms with Gasteiger partial charge in [-0.1, -0.05) is 5.21 Å². The van der Waals surface area contributed by atoms with Gasteiger partial charge in [0.25, 0.3) is 0 Å². The van der Waals surface area contributed by atoms with Crippen LogP contribution in [0.5, 0.6) is 0 Å². The number of nitrogens with zero attached hydrogens (tertiary/aromatic N) is 4. The van der Waals surface area contributed by atoms with Crippen molar-refractivity contribution in [2.45, 2.75) is 50.4 Å². The van der Waals surface area contributed by atoms with E-state index >= 15 is 0 Å². The van der Waals surface area contributed by atoms with Crippen molar-refractivity contribution in [3.8, 4) is 0 Å². The van der Waals surface area contributed by atoms with E-state index in [0.29, 0.717) is 12.1 Å². The van der Waals surface area contributed by atoms with Crippen molar-refractivity contribution in [2.24, 2.45) is 7.05 Å². The molecule has 5 heteroatoms. The Kier molecular flexibility index (Phi) is 2.44. The van der Waals surface area contributed by atoms with E-state index in [1.165, 1.54) is 12.8 Å². The first-order valence-corrected chi connectivity index (χ1v) is 6.01. The van der Waals surface area contributed by atoms with Gasteiger partial charge in [-0.05, 0) is 25.7 Å². The van der Waals surface area contributed by atoms with E-state index in [1.54, 1.807) is 4.68 Å². The summed E-state index contributed by atoms with van der Waals surface area (Å²) in [5, 5.41) is 17.8. The normalized spacial score (nSPS) is 34.5. The fraction of sp³-hybridized carbons (Fsp3) is 0.818. The van der Waals surface area contributed by atoms with Crippen LogP contribution in [0.3, 0.4) is 0 Å². The van der Waals surface area contributed by atoms with E-state index in [2.05, 4.69) is 15.2 Å². The number of hydrogen-bond donors (Lipinski definition) is 1. The van der Waals surface area contributed by atoms with Crippen molar-refractivity contribution < 1.29 is 5.11 Å². The molecule has 0 saturated carbocycles. The second-order valence-electron chi connectivity index (χ2n) is 5.07. The molecule has 88 valence electrons. The summed E-state index contributed by atoms with van der Waals surface area (Å²) >= 11 is 0. The van der Waals surface area contributed by atoms with Crippen LogP contribution >= 0.6 is 0 Å². The molecule has 0 aliphatic carbocycles. The van der Waals surface area contributed by atoms with Gasteiger partial charge < -0.3 is 5.11 Å². The quantitative estimate of drug-likeness (QED) is 0.782. The first kappa shape index (κ1) is 10.2. The number of aryl methyl sites for hydroxylation is 1. The van der Waals surface area contributed by atoms with E-state index in [0.717, 1.165) is 25.1 Å². The Morgan fingerprint density at radius 1 is 1.38 bits per heavy atom. The van der Waals surface area contributed by atoms with Crippen molar-refractivity contribution in [3.05, 3.63) is 11.9 Å². The topological polar surface area (TPSA) is 54.2 Å². The Bertz CT molecular complexity index is 364. The van der Waals surface area contributed by atoms with E-state index in [9.17, 15) is 5.11 Å². The zero-order valence-corrected chi connectivity index (χ0v) is 9.58. The molecular formula is C11H18N4O. The smallest absolute Gasteiger partial charge is 0.0967 e. The lowest BCUT2D eigenvalue weighted by molar-refractivity contribution is 0.0303. The van der Waals surface area contributed by atoms with Crippen LogP contribution in [0.2, 0.25) is 0 Å². The third-order valence-corrected chi connectivity index (χ3v) is 3.85. The zero-order chi connectivity index (χ0) is 11.1. The lowest BCUT2D eigenvalue weighted by Gasteiger charge is -2.36. The number of aliphatic hydroxyl groups excluding tert-OH is 1. The van der Waals surface area contributed by atoms with Crippen LogP contribution in [0, 0.1) is 0 Å². The number of piperidine rings is 1. The molecule has 2 bridgehead atoms. The summed E-state index contributed by atoms with van der Waals surface area (Å²) in [4.78, 5) is 2.50. The molecule has 0 spiro atoms. The maximum Gasteiger partial charge on any atom is 0.0967 e. The fourth-order valence-corrected chi connectivity index (χ4v) is 3.16. The Hall–Kier alpha value is -0.940. The maximum atomic E-state index is 9.72. The molecule has 5 nitrogen and oxygen atoms in total. The van der Waals surface area contributed by atoms with Crippen molar-refractivity contribution in [3.63, 3.8) is 0 Å². The molecule has 0 radical (unpaired) electrons. The minimum Gasteiger partial charge on any atom is -0.393 e. The molecule has 3 heterocycles. The highest BCUT2D eigenvalue weighted by atomic mass is 16.3. The van der Waals surface area contributed by atoms with Crippen LogP contribution in [0.4, 0.5) is 0 Å². The van der Waals surface area contributed by atoms with Crippen LogP contribution in [0.15, 0.2) is 6.20 Å². The SMILES string of the molecule is Cn1cc(CN2C3CCC2CC(O)C3)nn1. The molecule has 2 aliphatic rings. The van der Waals surface area contributed by atoms with Crippen molar-refractivity contribution >= 4 is 0 Å². The van der Waals surface area contributed by atoms with E-state index in [1.807, 2.05) is 13.2 Å². The summed E-state index contributed by atoms with van der Waals surface area (Å²) in [6, 6.07) is 1.10. The second kappa shape index (κ2) is 3.82. The molecule has 0 aromatic carbocycles. The molecule has 2 aliphatic heterocycles. The molecular weight excluding hydrogens is 204 g/mol. The third kappa shape index (κ3) is 1.74. The fourth-order valence-electron chi connectivity index (χ4n) is 3.16. The number of aliphatic hydroxyl groups is 1. The van der Waals surface area contributed by atoms with Gasteiger partial charge >= 0.3 is 0 Å². The lowest BCUT2D eigenvalue weighted by atomic mass is 10.00. The highest BCUT2D eigenvalue weighted by Crippen LogP contribution is 2.36. The minimum absolute atomic E-state index is 0.0874. The molecule has 2 unspecified atom stereocenters. The van der Waals surface area contributed by atoms with Gasteiger partial charge in [0, 0.05) is 31.9 Å². The second-order valence-corrected chi connectivity index (χ2v) is 5.07. The average molecular weight is 222 g/mol. The van der Waals surface area contributed by atoms with Gasteiger partial charge in [0.2, 0.25) is 0 Å². The Morgan fingerprint density at radius 2 is 2.06 bits per heavy atom. The molecule has 2 atom stereocenters. The molecule has 0 amide bonds. The lowest BCUT2D eigenvalue weighted by Crippen LogP contribution is -2.44. The summed E-state index contributed by atoms with van der Waals surface area (Å²) in [6.07, 6.45) is 6.19. The standard InChI is InChI=1S/C11H18N4O/c1-14-6-8(12-13-14)7-15-9-2-3-10(15)5-11(16)4-9/h6,9-11,16H,2-5,7H2,1H3. The summed E-state index contributed by atoms with van der Waals surface area (Å²) in [7, 11) is 1.89. The number of fused-ring (bicyclic) bond motifs is 2. The molecule has 1 N–H and O–H groups in total. The summed E-state index contributed by atoms with van der Waals surface area (Å²) < 4.78 is 1.75. The van der Waals surface area contributed by atoms with Gasteiger partial charge in [0.1, 0.15) is 0 Å². The number of aromatic nitrogens is 3. The molecule has 2 saturated heterocycles. The minimum atomic E-state index is -0.0874. The first-order chi connectivity index (χ1) is 7.72. The van der Waals surface area contributed by atoms with Crippen LogP contribution in [-0.2, 0) is 13.6 Å². The predicted octanol–water partition coefficient (Wildman–Crippen LogP) is 0.303. The van der Waals surface area contributed by atoms with Gasteiger partial charge in [-0.2, -0.15) is 0 Å². The van der Waals surface area contributed by atoms with Gasteiger partial charge in [-0.15, -0.1) is 5.10 Å². The predicted molar refractivity (Wildman–Crippen MR) is 58.6 cm³/mol. The van der Waals surface area contributed by atoms with Crippen molar-refractivity contribution in [2.75, 3.05) is 0 Å². The van der Waals surface area contributed by atoms with Crippen molar-refractivity contribution in [1.29, 1.82) is 0 Å². The largest absolute Gasteiger partial charge is 0.393 e. The molecule has 1 aromatic rings. The van der Waals surface area contributed by atoms with E-state index in [4.69, 9.17) is 0 Å². The summed E-state index contributed by atoms with van der Waals surface area (Å²) in [5.74, 6) is 0. The maximum absolute atomic E-state index is 9.72. The molecule has 3 rings (SSSR count). The van der Waals surface area contributed by atoms with Gasteiger partial charge in [0.15, 0.2) is 0 Å². The van der Waals surface area contributed by atoms with E-state index < -0.39 is 0 Å². The first-order valence-electron chi connectivity index (χ1n) is 6.01. The molecule has 16 heavy (non-hydrogen) atoms. The Morgan fingerprint density at radius 3 is 2.62 bits per heavy atom. The highest BCUT2D eigenvalue weighted by molar-refractivity contribution is 5.00. The Labute approximate surface area is 95.1 Å². The molecule has 2 fully saturated rings. The summed E-state index contributed by atoms with van der Waals surface area (Å²) in [6.45, 7) is 0.885. The monoisotopic (exact) mass is 222 g/mol. The van der Waals surface area contributed by atoms with Crippen LogP contribution in [-0.4, -0.2) is 43.2 Å². The zero-order valence-electron chi connectivity index (χ0n) is 9.58. The third-order valence-electron chi connectivity index (χ3n) is 3.85. The van der Waals surface area contributed by atoms with Gasteiger partial charge in [-0.25, -0.2) is 0 Å². The van der Waals surface area contributed by atoms with Gasteiger partial charge in [-0.3, -0.25) is 9.58 Å². The highest BCUT2D eigenvalue weighted by Gasteiger charge is 2.40. The molecule has 1 aromatic heterocycles. The summed E-state index contributed by atoms with van der Waals surface area (Å²) in [5.41, 5.74) is 1.04. The van der Waals surface area contributed by atoms with E-state index in [-0.39, 0.29) is 6.10 Å². The number of rotatable bonds is 2.